The Bertz CT molecular complexity index is 410. The van der Waals surface area contributed by atoms with Crippen LogP contribution in [-0.4, -0.2) is 19.3 Å². The van der Waals surface area contributed by atoms with Crippen molar-refractivity contribution < 1.29 is 0 Å². The molecule has 2 aromatic rings. The lowest BCUT2D eigenvalue weighted by Gasteiger charge is -1.93. The quantitative estimate of drug-likeness (QED) is 0.845. The van der Waals surface area contributed by atoms with E-state index < -0.39 is 0 Å². The first kappa shape index (κ1) is 15.4. The van der Waals surface area contributed by atoms with Crippen molar-refractivity contribution >= 4 is 16.7 Å². The Morgan fingerprint density at radius 3 is 2.12 bits per heavy atom. The molecule has 2 N–H and O–H groups in total. The van der Waals surface area contributed by atoms with Crippen molar-refractivity contribution in [2.75, 3.05) is 5.73 Å². The first-order valence-electron chi connectivity index (χ1n) is 5.64. The fourth-order valence-electron chi connectivity index (χ4n) is 0.847. The SMILES string of the molecule is CC.CC.Cc1cnc(-c2nsc(N)n2)cn1. The lowest BCUT2D eigenvalue weighted by atomic mass is 10.4. The van der Waals surface area contributed by atoms with Crippen LogP contribution in [0.1, 0.15) is 33.4 Å². The van der Waals surface area contributed by atoms with Crippen LogP contribution in [0, 0.1) is 6.92 Å². The van der Waals surface area contributed by atoms with Crippen LogP contribution in [0.2, 0.25) is 0 Å². The Kier molecular flexibility index (Phi) is 7.79. The van der Waals surface area contributed by atoms with Crippen LogP contribution in [0.5, 0.6) is 0 Å². The van der Waals surface area contributed by atoms with Gasteiger partial charge in [0.05, 0.1) is 11.9 Å². The second kappa shape index (κ2) is 8.58. The van der Waals surface area contributed by atoms with Gasteiger partial charge in [-0.15, -0.1) is 0 Å². The molecule has 0 bridgehead atoms. The minimum atomic E-state index is 0.442. The second-order valence-corrected chi connectivity index (χ2v) is 3.28. The minimum Gasteiger partial charge on any atom is -0.374 e. The van der Waals surface area contributed by atoms with Crippen LogP contribution in [0.15, 0.2) is 12.4 Å². The van der Waals surface area contributed by atoms with E-state index in [2.05, 4.69) is 19.3 Å². The summed E-state index contributed by atoms with van der Waals surface area (Å²) in [5.74, 6) is 0.537. The standard InChI is InChI=1S/C7H7N5S.2C2H6/c1-4-2-10-5(3-9-4)6-11-7(8)13-12-6;2*1-2/h2-3H,1H3,(H2,8,11,12);2*1-2H3. The number of aryl methyl sites for hydroxylation is 1. The molecular formula is C11H19N5S. The first-order valence-corrected chi connectivity index (χ1v) is 6.41. The zero-order valence-electron chi connectivity index (χ0n) is 10.9. The molecule has 17 heavy (non-hydrogen) atoms. The predicted molar refractivity (Wildman–Crippen MR) is 72.8 cm³/mol. The van der Waals surface area contributed by atoms with Crippen molar-refractivity contribution in [1.82, 2.24) is 19.3 Å². The van der Waals surface area contributed by atoms with E-state index in [1.165, 1.54) is 0 Å². The van der Waals surface area contributed by atoms with Gasteiger partial charge in [0.25, 0.3) is 0 Å². The summed E-state index contributed by atoms with van der Waals surface area (Å²) in [5, 5.41) is 0.442. The summed E-state index contributed by atoms with van der Waals surface area (Å²) in [7, 11) is 0. The van der Waals surface area contributed by atoms with E-state index >= 15 is 0 Å². The molecule has 0 saturated carbocycles. The number of nitrogens with zero attached hydrogens (tertiary/aromatic N) is 4. The van der Waals surface area contributed by atoms with Crippen LogP contribution in [0.3, 0.4) is 0 Å². The largest absolute Gasteiger partial charge is 0.374 e. The van der Waals surface area contributed by atoms with Gasteiger partial charge < -0.3 is 5.73 Å². The molecule has 0 radical (unpaired) electrons. The summed E-state index contributed by atoms with van der Waals surface area (Å²) in [6.45, 7) is 9.87. The number of anilines is 1. The Balaban J connectivity index is 0.000000581. The zero-order valence-corrected chi connectivity index (χ0v) is 11.7. The Hall–Kier alpha value is -1.56. The van der Waals surface area contributed by atoms with E-state index in [-0.39, 0.29) is 0 Å². The Labute approximate surface area is 106 Å². The fraction of sp³-hybridized carbons (Fsp3) is 0.455. The molecule has 0 aliphatic heterocycles. The Morgan fingerprint density at radius 1 is 1.06 bits per heavy atom. The third-order valence-corrected chi connectivity index (χ3v) is 1.99. The van der Waals surface area contributed by atoms with Crippen LogP contribution >= 0.6 is 11.5 Å². The van der Waals surface area contributed by atoms with Crippen molar-refractivity contribution in [2.45, 2.75) is 34.6 Å². The van der Waals surface area contributed by atoms with Gasteiger partial charge in [0, 0.05) is 17.7 Å². The summed E-state index contributed by atoms with van der Waals surface area (Å²) in [6, 6.07) is 0. The number of rotatable bonds is 1. The van der Waals surface area contributed by atoms with E-state index in [0.29, 0.717) is 16.6 Å². The number of hydrogen-bond acceptors (Lipinski definition) is 6. The van der Waals surface area contributed by atoms with Gasteiger partial charge in [-0.2, -0.15) is 9.36 Å². The van der Waals surface area contributed by atoms with Gasteiger partial charge in [-0.3, -0.25) is 4.98 Å². The van der Waals surface area contributed by atoms with E-state index in [0.717, 1.165) is 17.2 Å². The smallest absolute Gasteiger partial charge is 0.200 e. The molecule has 0 atom stereocenters. The van der Waals surface area contributed by atoms with Crippen LogP contribution in [0.25, 0.3) is 11.5 Å². The number of aromatic nitrogens is 4. The maximum Gasteiger partial charge on any atom is 0.200 e. The molecule has 0 unspecified atom stereocenters. The van der Waals surface area contributed by atoms with Crippen molar-refractivity contribution in [3.8, 4) is 11.5 Å². The molecule has 2 heterocycles. The highest BCUT2D eigenvalue weighted by Gasteiger charge is 2.05. The molecule has 5 nitrogen and oxygen atoms in total. The summed E-state index contributed by atoms with van der Waals surface area (Å²) in [4.78, 5) is 12.2. The summed E-state index contributed by atoms with van der Waals surface area (Å²) in [6.07, 6.45) is 3.31. The Morgan fingerprint density at radius 2 is 1.71 bits per heavy atom. The fourth-order valence-corrected chi connectivity index (χ4v) is 1.29. The van der Waals surface area contributed by atoms with E-state index in [4.69, 9.17) is 5.73 Å². The average molecular weight is 253 g/mol. The number of hydrogen-bond donors (Lipinski definition) is 1. The van der Waals surface area contributed by atoms with E-state index in [1.807, 2.05) is 34.6 Å². The number of nitrogen functional groups attached to an aromatic ring is 1. The number of nitrogens with two attached hydrogens (primary N) is 1. The lowest BCUT2D eigenvalue weighted by Crippen LogP contribution is -1.90. The highest BCUT2D eigenvalue weighted by Crippen LogP contribution is 2.15. The normalized spacial score (nSPS) is 8.53. The van der Waals surface area contributed by atoms with Crippen molar-refractivity contribution in [3.05, 3.63) is 18.1 Å². The molecule has 0 aliphatic carbocycles. The molecule has 0 aromatic carbocycles. The molecular weight excluding hydrogens is 234 g/mol. The second-order valence-electron chi connectivity index (χ2n) is 2.50. The summed E-state index contributed by atoms with van der Waals surface area (Å²) >= 11 is 1.15. The van der Waals surface area contributed by atoms with Gasteiger partial charge >= 0.3 is 0 Å². The van der Waals surface area contributed by atoms with Gasteiger partial charge in [-0.25, -0.2) is 4.98 Å². The van der Waals surface area contributed by atoms with Crippen LogP contribution in [0.4, 0.5) is 5.13 Å². The molecule has 0 fully saturated rings. The molecule has 94 valence electrons. The maximum atomic E-state index is 5.44. The molecule has 6 heteroatoms. The van der Waals surface area contributed by atoms with E-state index in [9.17, 15) is 0 Å². The monoisotopic (exact) mass is 253 g/mol. The third-order valence-electron chi connectivity index (χ3n) is 1.45. The van der Waals surface area contributed by atoms with Crippen LogP contribution in [-0.2, 0) is 0 Å². The van der Waals surface area contributed by atoms with Crippen LogP contribution < -0.4 is 5.73 Å². The van der Waals surface area contributed by atoms with Crippen molar-refractivity contribution in [2.24, 2.45) is 0 Å². The highest BCUT2D eigenvalue weighted by atomic mass is 32.1. The first-order chi connectivity index (χ1) is 8.25. The van der Waals surface area contributed by atoms with E-state index in [1.54, 1.807) is 12.4 Å². The van der Waals surface area contributed by atoms with Crippen molar-refractivity contribution in [1.29, 1.82) is 0 Å². The molecule has 0 amide bonds. The lowest BCUT2D eigenvalue weighted by molar-refractivity contribution is 1.10. The predicted octanol–water partition coefficient (Wildman–Crippen LogP) is 2.94. The molecule has 2 rings (SSSR count). The van der Waals surface area contributed by atoms with Gasteiger partial charge in [-0.1, -0.05) is 27.7 Å². The minimum absolute atomic E-state index is 0.442. The van der Waals surface area contributed by atoms with Gasteiger partial charge in [0.2, 0.25) is 0 Å². The topological polar surface area (TPSA) is 77.6 Å². The summed E-state index contributed by atoms with van der Waals surface area (Å²) < 4.78 is 4.02. The van der Waals surface area contributed by atoms with Gasteiger partial charge in [0.15, 0.2) is 11.0 Å². The molecule has 2 aromatic heterocycles. The summed E-state index contributed by atoms with van der Waals surface area (Å²) in [5.41, 5.74) is 6.96. The zero-order chi connectivity index (χ0) is 13.3. The molecule has 0 spiro atoms. The molecule has 0 aliphatic rings. The highest BCUT2D eigenvalue weighted by molar-refractivity contribution is 7.09. The average Bonchev–Trinajstić information content (AvgIpc) is 2.82. The van der Waals surface area contributed by atoms with Crippen molar-refractivity contribution in [3.63, 3.8) is 0 Å². The molecule has 0 saturated heterocycles. The third kappa shape index (κ3) is 4.86. The van der Waals surface area contributed by atoms with Gasteiger partial charge in [0.1, 0.15) is 5.69 Å². The van der Waals surface area contributed by atoms with Gasteiger partial charge in [-0.05, 0) is 6.92 Å². The maximum absolute atomic E-state index is 5.44.